The number of sulfonamides is 1. The Morgan fingerprint density at radius 2 is 1.71 bits per heavy atom. The molecule has 2 aromatic carbocycles. The number of imidazole rings is 1. The lowest BCUT2D eigenvalue weighted by atomic mass is 10.1. The SMILES string of the molecule is CS(=O)(=O)N1CCN(c2ccc(C=Cc3cc(F)cc(Cn4ccnc4)c3)cc2)CC1. The van der Waals surface area contributed by atoms with E-state index in [-0.39, 0.29) is 5.82 Å². The molecule has 0 bridgehead atoms. The van der Waals surface area contributed by atoms with Crippen LogP contribution in [0.5, 0.6) is 0 Å². The summed E-state index contributed by atoms with van der Waals surface area (Å²) in [5.74, 6) is -0.263. The number of hydrogen-bond donors (Lipinski definition) is 0. The van der Waals surface area contributed by atoms with Crippen molar-refractivity contribution in [2.45, 2.75) is 6.54 Å². The predicted molar refractivity (Wildman–Crippen MR) is 122 cm³/mol. The Kier molecular flexibility index (Phi) is 6.20. The van der Waals surface area contributed by atoms with Gasteiger partial charge in [0, 0.05) is 50.8 Å². The zero-order valence-corrected chi connectivity index (χ0v) is 18.2. The molecule has 2 heterocycles. The summed E-state index contributed by atoms with van der Waals surface area (Å²) in [5.41, 5.74) is 3.76. The molecule has 0 spiro atoms. The van der Waals surface area contributed by atoms with Crippen LogP contribution < -0.4 is 4.90 Å². The van der Waals surface area contributed by atoms with Gasteiger partial charge in [-0.1, -0.05) is 24.3 Å². The number of halogens is 1. The third kappa shape index (κ3) is 5.59. The van der Waals surface area contributed by atoms with E-state index in [1.165, 1.54) is 22.7 Å². The van der Waals surface area contributed by atoms with E-state index in [1.807, 2.05) is 53.2 Å². The van der Waals surface area contributed by atoms with Gasteiger partial charge in [-0.25, -0.2) is 17.8 Å². The average Bonchev–Trinajstić information content (AvgIpc) is 3.25. The van der Waals surface area contributed by atoms with Crippen molar-refractivity contribution in [2.75, 3.05) is 37.3 Å². The van der Waals surface area contributed by atoms with Gasteiger partial charge < -0.3 is 9.47 Å². The molecule has 1 aromatic heterocycles. The summed E-state index contributed by atoms with van der Waals surface area (Å²) in [4.78, 5) is 6.20. The molecular formula is C23H25FN4O2S. The van der Waals surface area contributed by atoms with Crippen LogP contribution >= 0.6 is 0 Å². The maximum Gasteiger partial charge on any atom is 0.211 e. The minimum absolute atomic E-state index is 0.263. The lowest BCUT2D eigenvalue weighted by Gasteiger charge is -2.34. The van der Waals surface area contributed by atoms with Crippen molar-refractivity contribution in [3.8, 4) is 0 Å². The molecule has 4 rings (SSSR count). The molecule has 31 heavy (non-hydrogen) atoms. The molecule has 162 valence electrons. The Balaban J connectivity index is 1.41. The van der Waals surface area contributed by atoms with Crippen LogP contribution in [0.3, 0.4) is 0 Å². The number of piperazine rings is 1. The molecule has 0 atom stereocenters. The van der Waals surface area contributed by atoms with Crippen LogP contribution in [0.2, 0.25) is 0 Å². The van der Waals surface area contributed by atoms with Gasteiger partial charge in [-0.05, 0) is 47.0 Å². The molecule has 1 aliphatic rings. The molecular weight excluding hydrogens is 415 g/mol. The van der Waals surface area contributed by atoms with Crippen molar-refractivity contribution in [3.63, 3.8) is 0 Å². The number of anilines is 1. The van der Waals surface area contributed by atoms with E-state index in [0.717, 1.165) is 22.4 Å². The largest absolute Gasteiger partial charge is 0.369 e. The highest BCUT2D eigenvalue weighted by molar-refractivity contribution is 7.88. The van der Waals surface area contributed by atoms with Crippen LogP contribution in [0.15, 0.2) is 61.2 Å². The summed E-state index contributed by atoms with van der Waals surface area (Å²) in [6, 6.07) is 13.1. The average molecular weight is 441 g/mol. The fourth-order valence-corrected chi connectivity index (χ4v) is 4.55. The number of rotatable bonds is 6. The zero-order chi connectivity index (χ0) is 21.8. The summed E-state index contributed by atoms with van der Waals surface area (Å²) in [6.45, 7) is 2.92. The predicted octanol–water partition coefficient (Wildman–Crippen LogP) is 3.32. The first-order valence-electron chi connectivity index (χ1n) is 10.1. The fraction of sp³-hybridized carbons (Fsp3) is 0.261. The van der Waals surface area contributed by atoms with Gasteiger partial charge in [0.2, 0.25) is 10.0 Å². The molecule has 0 unspecified atom stereocenters. The first-order chi connectivity index (χ1) is 14.9. The van der Waals surface area contributed by atoms with Crippen LogP contribution in [0.1, 0.15) is 16.7 Å². The van der Waals surface area contributed by atoms with E-state index in [9.17, 15) is 12.8 Å². The van der Waals surface area contributed by atoms with Crippen molar-refractivity contribution < 1.29 is 12.8 Å². The lowest BCUT2D eigenvalue weighted by molar-refractivity contribution is 0.388. The van der Waals surface area contributed by atoms with Gasteiger partial charge in [-0.2, -0.15) is 4.31 Å². The van der Waals surface area contributed by atoms with Gasteiger partial charge in [0.15, 0.2) is 0 Å². The quantitative estimate of drug-likeness (QED) is 0.552. The lowest BCUT2D eigenvalue weighted by Crippen LogP contribution is -2.48. The summed E-state index contributed by atoms with van der Waals surface area (Å²) in [6.07, 6.45) is 10.4. The summed E-state index contributed by atoms with van der Waals surface area (Å²) >= 11 is 0. The molecule has 0 radical (unpaired) electrons. The fourth-order valence-electron chi connectivity index (χ4n) is 3.72. The van der Waals surface area contributed by atoms with Crippen LogP contribution in [0.4, 0.5) is 10.1 Å². The Hall–Kier alpha value is -2.97. The minimum atomic E-state index is -3.13. The highest BCUT2D eigenvalue weighted by atomic mass is 32.2. The third-order valence-electron chi connectivity index (χ3n) is 5.34. The molecule has 0 amide bonds. The molecule has 8 heteroatoms. The summed E-state index contributed by atoms with van der Waals surface area (Å²) in [7, 11) is -3.13. The Bertz CT molecular complexity index is 1150. The highest BCUT2D eigenvalue weighted by Crippen LogP contribution is 2.20. The molecule has 6 nitrogen and oxygen atoms in total. The van der Waals surface area contributed by atoms with Crippen molar-refractivity contribution in [1.82, 2.24) is 13.9 Å². The first kappa shape index (κ1) is 21.3. The number of hydrogen-bond acceptors (Lipinski definition) is 4. The van der Waals surface area contributed by atoms with Crippen LogP contribution in [-0.4, -0.2) is 54.7 Å². The Morgan fingerprint density at radius 3 is 2.35 bits per heavy atom. The van der Waals surface area contributed by atoms with E-state index < -0.39 is 10.0 Å². The molecule has 1 aliphatic heterocycles. The molecule has 3 aromatic rings. The van der Waals surface area contributed by atoms with Crippen LogP contribution in [0, 0.1) is 5.82 Å². The van der Waals surface area contributed by atoms with Crippen LogP contribution in [0.25, 0.3) is 12.2 Å². The second-order valence-corrected chi connectivity index (χ2v) is 9.68. The van der Waals surface area contributed by atoms with Gasteiger partial charge in [0.05, 0.1) is 12.6 Å². The van der Waals surface area contributed by atoms with Gasteiger partial charge in [0.1, 0.15) is 5.82 Å². The molecule has 1 fully saturated rings. The molecule has 0 saturated carbocycles. The normalized spacial score (nSPS) is 15.6. The van der Waals surface area contributed by atoms with Gasteiger partial charge in [-0.15, -0.1) is 0 Å². The number of benzene rings is 2. The van der Waals surface area contributed by atoms with Crippen LogP contribution in [-0.2, 0) is 16.6 Å². The van der Waals surface area contributed by atoms with E-state index >= 15 is 0 Å². The topological polar surface area (TPSA) is 58.4 Å². The van der Waals surface area contributed by atoms with Gasteiger partial charge in [-0.3, -0.25) is 0 Å². The van der Waals surface area contributed by atoms with Gasteiger partial charge >= 0.3 is 0 Å². The number of aromatic nitrogens is 2. The number of nitrogens with zero attached hydrogens (tertiary/aromatic N) is 4. The third-order valence-corrected chi connectivity index (χ3v) is 6.64. The van der Waals surface area contributed by atoms with Crippen molar-refractivity contribution in [1.29, 1.82) is 0 Å². The van der Waals surface area contributed by atoms with E-state index in [2.05, 4.69) is 9.88 Å². The monoisotopic (exact) mass is 440 g/mol. The minimum Gasteiger partial charge on any atom is -0.369 e. The van der Waals surface area contributed by atoms with E-state index in [1.54, 1.807) is 12.5 Å². The molecule has 1 saturated heterocycles. The van der Waals surface area contributed by atoms with Crippen molar-refractivity contribution in [2.24, 2.45) is 0 Å². The van der Waals surface area contributed by atoms with E-state index in [4.69, 9.17) is 0 Å². The second kappa shape index (κ2) is 9.03. The first-order valence-corrected chi connectivity index (χ1v) is 11.9. The maximum atomic E-state index is 14.0. The summed E-state index contributed by atoms with van der Waals surface area (Å²) < 4.78 is 40.8. The molecule has 0 N–H and O–H groups in total. The Labute approximate surface area is 182 Å². The van der Waals surface area contributed by atoms with Crippen molar-refractivity contribution >= 4 is 27.9 Å². The van der Waals surface area contributed by atoms with Crippen molar-refractivity contribution in [3.05, 3.63) is 83.7 Å². The van der Waals surface area contributed by atoms with Gasteiger partial charge in [0.25, 0.3) is 0 Å². The zero-order valence-electron chi connectivity index (χ0n) is 17.4. The van der Waals surface area contributed by atoms with E-state index in [0.29, 0.717) is 32.7 Å². The highest BCUT2D eigenvalue weighted by Gasteiger charge is 2.23. The Morgan fingerprint density at radius 1 is 1.00 bits per heavy atom. The smallest absolute Gasteiger partial charge is 0.211 e. The molecule has 0 aliphatic carbocycles. The summed E-state index contributed by atoms with van der Waals surface area (Å²) in [5, 5.41) is 0. The second-order valence-electron chi connectivity index (χ2n) is 7.70. The maximum absolute atomic E-state index is 14.0. The standard InChI is InChI=1S/C23H25FN4O2S/c1-31(29,30)28-12-10-27(11-13-28)23-6-4-19(5-7-23)2-3-20-14-21(16-22(24)15-20)17-26-9-8-25-18-26/h2-9,14-16,18H,10-13,17H2,1H3.